The highest BCUT2D eigenvalue weighted by Crippen LogP contribution is 2.30. The smallest absolute Gasteiger partial charge is 0.0982 e. The Morgan fingerprint density at radius 3 is 2.81 bits per heavy atom. The van der Waals surface area contributed by atoms with Gasteiger partial charge < -0.3 is 16.8 Å². The summed E-state index contributed by atoms with van der Waals surface area (Å²) < 4.78 is 0. The lowest BCUT2D eigenvalue weighted by Crippen LogP contribution is -2.40. The second-order valence-corrected chi connectivity index (χ2v) is 5.50. The summed E-state index contributed by atoms with van der Waals surface area (Å²) in [5.41, 5.74) is 15.5. The van der Waals surface area contributed by atoms with Crippen molar-refractivity contribution in [2.75, 3.05) is 6.54 Å². The highest BCUT2D eigenvalue weighted by molar-refractivity contribution is 5.79. The minimum Gasteiger partial charge on any atom is -0.372 e. The Hall–Kier alpha value is -2.09. The first-order valence-corrected chi connectivity index (χ1v) is 7.19. The van der Waals surface area contributed by atoms with Gasteiger partial charge in [-0.05, 0) is 54.0 Å². The fourth-order valence-corrected chi connectivity index (χ4v) is 2.51. The molecule has 0 aromatic heterocycles. The lowest BCUT2D eigenvalue weighted by molar-refractivity contribution is 0.587. The summed E-state index contributed by atoms with van der Waals surface area (Å²) in [7, 11) is 0. The molecular formula is C17H22N4. The molecule has 0 amide bonds. The third kappa shape index (κ3) is 2.85. The third-order valence-corrected chi connectivity index (χ3v) is 4.23. The van der Waals surface area contributed by atoms with Crippen LogP contribution in [-0.2, 0) is 5.41 Å². The minimum atomic E-state index is -0.474. The summed E-state index contributed by atoms with van der Waals surface area (Å²) in [4.78, 5) is 0. The van der Waals surface area contributed by atoms with Crippen molar-refractivity contribution in [1.82, 2.24) is 5.32 Å². The number of nitriles is 1. The number of hydrogen-bond acceptors (Lipinski definition) is 4. The molecule has 110 valence electrons. The van der Waals surface area contributed by atoms with Crippen molar-refractivity contribution in [3.05, 3.63) is 53.2 Å². The van der Waals surface area contributed by atoms with E-state index in [1.165, 1.54) is 0 Å². The van der Waals surface area contributed by atoms with E-state index in [1.54, 1.807) is 0 Å². The number of hydrogen-bond donors (Lipinski definition) is 3. The molecule has 0 radical (unpaired) electrons. The molecular weight excluding hydrogens is 260 g/mol. The fraction of sp³-hybridized carbons (Fsp3) is 0.353. The average molecular weight is 282 g/mol. The molecule has 0 saturated carbocycles. The van der Waals surface area contributed by atoms with Gasteiger partial charge in [0.1, 0.15) is 0 Å². The molecule has 4 nitrogen and oxygen atoms in total. The third-order valence-electron chi connectivity index (χ3n) is 4.23. The summed E-state index contributed by atoms with van der Waals surface area (Å²) in [5, 5.41) is 12.5. The Morgan fingerprint density at radius 1 is 1.43 bits per heavy atom. The second kappa shape index (κ2) is 6.13. The topological polar surface area (TPSA) is 87.9 Å². The number of allylic oxidation sites excluding steroid dienone is 2. The van der Waals surface area contributed by atoms with Gasteiger partial charge in [-0.1, -0.05) is 25.1 Å². The van der Waals surface area contributed by atoms with E-state index >= 15 is 0 Å². The van der Waals surface area contributed by atoms with Gasteiger partial charge >= 0.3 is 0 Å². The lowest BCUT2D eigenvalue weighted by atomic mass is 9.80. The van der Waals surface area contributed by atoms with Crippen LogP contribution in [0.1, 0.15) is 31.4 Å². The van der Waals surface area contributed by atoms with Gasteiger partial charge in [0.15, 0.2) is 0 Å². The normalized spacial score (nSPS) is 20.6. The summed E-state index contributed by atoms with van der Waals surface area (Å²) in [6.07, 6.45) is 4.34. The van der Waals surface area contributed by atoms with Crippen molar-refractivity contribution in [1.29, 1.82) is 5.26 Å². The van der Waals surface area contributed by atoms with E-state index in [0.717, 1.165) is 28.7 Å². The molecule has 0 saturated heterocycles. The second-order valence-electron chi connectivity index (χ2n) is 5.50. The average Bonchev–Trinajstić information content (AvgIpc) is 2.54. The van der Waals surface area contributed by atoms with Crippen molar-refractivity contribution in [2.24, 2.45) is 11.5 Å². The predicted octanol–water partition coefficient (Wildman–Crippen LogP) is 1.99. The van der Waals surface area contributed by atoms with Crippen LogP contribution in [-0.4, -0.2) is 12.7 Å². The first-order chi connectivity index (χ1) is 10.1. The van der Waals surface area contributed by atoms with Gasteiger partial charge in [0, 0.05) is 6.54 Å². The van der Waals surface area contributed by atoms with Crippen LogP contribution in [0, 0.1) is 11.3 Å². The highest BCUT2D eigenvalue weighted by Gasteiger charge is 2.25. The summed E-state index contributed by atoms with van der Waals surface area (Å²) in [6, 6.07) is 10.5. The van der Waals surface area contributed by atoms with Crippen LogP contribution in [0.15, 0.2) is 42.1 Å². The largest absolute Gasteiger partial charge is 0.372 e. The van der Waals surface area contributed by atoms with E-state index in [-0.39, 0.29) is 6.17 Å². The van der Waals surface area contributed by atoms with Crippen LogP contribution < -0.4 is 16.8 Å². The number of dihydropyridines is 1. The van der Waals surface area contributed by atoms with Crippen molar-refractivity contribution in [3.8, 4) is 6.07 Å². The maximum Gasteiger partial charge on any atom is 0.0982 e. The van der Waals surface area contributed by atoms with Crippen LogP contribution in [0.4, 0.5) is 0 Å². The van der Waals surface area contributed by atoms with E-state index in [9.17, 15) is 5.26 Å². The molecule has 1 aliphatic heterocycles. The molecule has 0 bridgehead atoms. The Labute approximate surface area is 126 Å². The van der Waals surface area contributed by atoms with Crippen LogP contribution >= 0.6 is 0 Å². The zero-order chi connectivity index (χ0) is 15.5. The number of nitrogens with zero attached hydrogens (tertiary/aromatic N) is 1. The zero-order valence-corrected chi connectivity index (χ0v) is 12.6. The van der Waals surface area contributed by atoms with E-state index < -0.39 is 5.41 Å². The molecule has 1 aromatic carbocycles. The van der Waals surface area contributed by atoms with E-state index in [0.29, 0.717) is 6.54 Å². The Morgan fingerprint density at radius 2 is 2.19 bits per heavy atom. The lowest BCUT2D eigenvalue weighted by Gasteiger charge is -2.25. The first kappa shape index (κ1) is 15.3. The highest BCUT2D eigenvalue weighted by atomic mass is 15.0. The quantitative estimate of drug-likeness (QED) is 0.788. The maximum absolute atomic E-state index is 9.45. The number of nitrogens with two attached hydrogens (primary N) is 2. The van der Waals surface area contributed by atoms with Crippen LogP contribution in [0.2, 0.25) is 0 Å². The first-order valence-electron chi connectivity index (χ1n) is 7.19. The standard InChI is InChI=1S/C17H22N4/c1-3-17(2,11-19)13-6-4-5-12(9-13)14-7-8-21-16(20)15(14)10-18/h4-9,16,21H,3,10,18,20H2,1-2H3. The molecule has 1 aromatic rings. The van der Waals surface area contributed by atoms with Gasteiger partial charge in [0.2, 0.25) is 0 Å². The molecule has 4 heteroatoms. The van der Waals surface area contributed by atoms with Crippen LogP contribution in [0.5, 0.6) is 0 Å². The van der Waals surface area contributed by atoms with Gasteiger partial charge in [-0.2, -0.15) is 5.26 Å². The van der Waals surface area contributed by atoms with E-state index in [2.05, 4.69) is 17.5 Å². The van der Waals surface area contributed by atoms with Gasteiger partial charge in [-0.15, -0.1) is 0 Å². The molecule has 2 rings (SSSR count). The molecule has 5 N–H and O–H groups in total. The molecule has 21 heavy (non-hydrogen) atoms. The van der Waals surface area contributed by atoms with Gasteiger partial charge in [0.25, 0.3) is 0 Å². The number of nitrogens with one attached hydrogen (secondary N) is 1. The molecule has 0 spiro atoms. The summed E-state index contributed by atoms with van der Waals surface area (Å²) in [5.74, 6) is 0. The molecule has 2 atom stereocenters. The van der Waals surface area contributed by atoms with E-state index in [4.69, 9.17) is 11.5 Å². The molecule has 0 aliphatic carbocycles. The molecule has 0 fully saturated rings. The number of benzene rings is 1. The molecule has 2 unspecified atom stereocenters. The van der Waals surface area contributed by atoms with Gasteiger partial charge in [-0.25, -0.2) is 0 Å². The summed E-state index contributed by atoms with van der Waals surface area (Å²) in [6.45, 7) is 4.40. The van der Waals surface area contributed by atoms with Gasteiger partial charge in [-0.3, -0.25) is 0 Å². The molecule has 1 aliphatic rings. The minimum absolute atomic E-state index is 0.257. The zero-order valence-electron chi connectivity index (χ0n) is 12.6. The SMILES string of the molecule is CCC(C)(C#N)c1cccc(C2=C(CN)C(N)NC=C2)c1. The number of rotatable bonds is 4. The summed E-state index contributed by atoms with van der Waals surface area (Å²) >= 11 is 0. The Kier molecular flexibility index (Phi) is 4.46. The van der Waals surface area contributed by atoms with Crippen molar-refractivity contribution in [2.45, 2.75) is 31.8 Å². The predicted molar refractivity (Wildman–Crippen MR) is 85.9 cm³/mol. The monoisotopic (exact) mass is 282 g/mol. The Bertz CT molecular complexity index is 624. The van der Waals surface area contributed by atoms with Crippen molar-refractivity contribution in [3.63, 3.8) is 0 Å². The molecule has 1 heterocycles. The van der Waals surface area contributed by atoms with Crippen LogP contribution in [0.3, 0.4) is 0 Å². The fourth-order valence-electron chi connectivity index (χ4n) is 2.51. The maximum atomic E-state index is 9.45. The Balaban J connectivity index is 2.52. The van der Waals surface area contributed by atoms with Crippen molar-refractivity contribution >= 4 is 5.57 Å². The van der Waals surface area contributed by atoms with Gasteiger partial charge in [0.05, 0.1) is 17.6 Å². The van der Waals surface area contributed by atoms with Crippen molar-refractivity contribution < 1.29 is 0 Å². The van der Waals surface area contributed by atoms with Crippen LogP contribution in [0.25, 0.3) is 5.57 Å². The van der Waals surface area contributed by atoms with E-state index in [1.807, 2.05) is 44.3 Å².